The van der Waals surface area contributed by atoms with Crippen molar-refractivity contribution < 1.29 is 4.74 Å². The summed E-state index contributed by atoms with van der Waals surface area (Å²) in [6.07, 6.45) is 7.91. The van der Waals surface area contributed by atoms with Gasteiger partial charge in [-0.3, -0.25) is 0 Å². The maximum atomic E-state index is 4.72. The Morgan fingerprint density at radius 3 is 3.71 bits per heavy atom. The third-order valence-electron chi connectivity index (χ3n) is 0.617. The van der Waals surface area contributed by atoms with Crippen molar-refractivity contribution in [3.63, 3.8) is 0 Å². The predicted octanol–water partition coefficient (Wildman–Crippen LogP) is 0.394. The lowest BCUT2D eigenvalue weighted by Crippen LogP contribution is -2.05. The molecule has 2 heteroatoms. The molecule has 0 bridgehead atoms. The van der Waals surface area contributed by atoms with Crippen LogP contribution in [0.4, 0.5) is 0 Å². The minimum absolute atomic E-state index is 0.521. The normalized spacial score (nSPS) is 17.1. The molecule has 37 valence electrons. The number of hydrogen-bond donors (Lipinski definition) is 1. The zero-order chi connectivity index (χ0) is 4.95. The monoisotopic (exact) mass is 96.0 g/mol. The van der Waals surface area contributed by atoms with Gasteiger partial charge in [-0.15, -0.1) is 0 Å². The molecule has 0 fully saturated rings. The molecule has 7 heavy (non-hydrogen) atoms. The van der Waals surface area contributed by atoms with Crippen LogP contribution in [-0.4, -0.2) is 6.73 Å². The fourth-order valence-electron chi connectivity index (χ4n) is 0.335. The molecule has 1 aliphatic rings. The van der Waals surface area contributed by atoms with Gasteiger partial charge in [-0.2, -0.15) is 0 Å². The van der Waals surface area contributed by atoms with Gasteiger partial charge in [0.15, 0.2) is 13.0 Å². The van der Waals surface area contributed by atoms with E-state index in [1.807, 2.05) is 6.08 Å². The lowest BCUT2D eigenvalue weighted by molar-refractivity contribution is 0.219. The smallest absolute Gasteiger partial charge is 0.163 e. The average molecular weight is 96.1 g/mol. The average Bonchev–Trinajstić information content (AvgIpc) is 1.90. The Morgan fingerprint density at radius 1 is 1.71 bits per heavy atom. The first-order chi connectivity index (χ1) is 3.50. The van der Waals surface area contributed by atoms with Gasteiger partial charge in [-0.1, -0.05) is 0 Å². The van der Waals surface area contributed by atoms with Gasteiger partial charge in [0.2, 0.25) is 0 Å². The van der Waals surface area contributed by atoms with Crippen molar-refractivity contribution in [2.45, 2.75) is 0 Å². The molecule has 1 rings (SSSR count). The highest BCUT2D eigenvalue weighted by Crippen LogP contribution is 1.80. The van der Waals surface area contributed by atoms with E-state index < -0.39 is 0 Å². The third-order valence-corrected chi connectivity index (χ3v) is 0.617. The summed E-state index contributed by atoms with van der Waals surface area (Å²) in [6.45, 7) is 0.521. The van der Waals surface area contributed by atoms with Crippen LogP contribution in [0.5, 0.6) is 0 Å². The maximum absolute atomic E-state index is 4.72. The van der Waals surface area contributed by atoms with Gasteiger partial charge in [-0.25, -0.2) is 0 Å². The Morgan fingerprint density at radius 2 is 2.71 bits per heavy atom. The first kappa shape index (κ1) is 4.24. The number of nitrogens with one attached hydrogen (secondary N) is 1. The lowest BCUT2D eigenvalue weighted by atomic mass is 10.6. The molecule has 0 aromatic rings. The summed E-state index contributed by atoms with van der Waals surface area (Å²) in [5.74, 6) is 0. The van der Waals surface area contributed by atoms with E-state index in [0.717, 1.165) is 0 Å². The SMILES string of the molecule is [C]1=CC=CNCO1. The van der Waals surface area contributed by atoms with Crippen molar-refractivity contribution >= 4 is 0 Å². The molecule has 0 spiro atoms. The predicted molar refractivity (Wildman–Crippen MR) is 26.0 cm³/mol. The Bertz CT molecular complexity index is 84.3. The summed E-state index contributed by atoms with van der Waals surface area (Å²) in [5, 5.41) is 2.85. The molecule has 1 aliphatic heterocycles. The van der Waals surface area contributed by atoms with Gasteiger partial charge in [0.05, 0.1) is 0 Å². The van der Waals surface area contributed by atoms with Crippen LogP contribution in [0.2, 0.25) is 0 Å². The molecule has 0 aliphatic carbocycles. The highest BCUT2D eigenvalue weighted by atomic mass is 16.5. The number of hydrogen-bond acceptors (Lipinski definition) is 2. The van der Waals surface area contributed by atoms with Gasteiger partial charge < -0.3 is 10.1 Å². The Labute approximate surface area is 42.5 Å². The van der Waals surface area contributed by atoms with Crippen LogP contribution in [0.15, 0.2) is 18.4 Å². The second-order valence-corrected chi connectivity index (χ2v) is 1.14. The molecule has 0 saturated carbocycles. The van der Waals surface area contributed by atoms with Crippen LogP contribution < -0.4 is 5.32 Å². The van der Waals surface area contributed by atoms with Crippen LogP contribution in [0.25, 0.3) is 0 Å². The van der Waals surface area contributed by atoms with E-state index in [1.165, 1.54) is 0 Å². The summed E-state index contributed by atoms with van der Waals surface area (Å²) >= 11 is 0. The van der Waals surface area contributed by atoms with Crippen molar-refractivity contribution in [3.05, 3.63) is 24.6 Å². The molecule has 1 N–H and O–H groups in total. The topological polar surface area (TPSA) is 21.3 Å². The van der Waals surface area contributed by atoms with Crippen molar-refractivity contribution in [3.8, 4) is 0 Å². The fourth-order valence-corrected chi connectivity index (χ4v) is 0.335. The highest BCUT2D eigenvalue weighted by molar-refractivity contribution is 4.96. The molecule has 1 heterocycles. The van der Waals surface area contributed by atoms with Crippen molar-refractivity contribution in [2.75, 3.05) is 6.73 Å². The highest BCUT2D eigenvalue weighted by Gasteiger charge is 1.77. The quantitative estimate of drug-likeness (QED) is 0.471. The zero-order valence-corrected chi connectivity index (χ0v) is 3.85. The van der Waals surface area contributed by atoms with Crippen molar-refractivity contribution in [1.82, 2.24) is 5.32 Å². The number of allylic oxidation sites excluding steroid dienone is 2. The summed E-state index contributed by atoms with van der Waals surface area (Å²) in [7, 11) is 0. The van der Waals surface area contributed by atoms with Gasteiger partial charge >= 0.3 is 0 Å². The second-order valence-electron chi connectivity index (χ2n) is 1.14. The first-order valence-electron chi connectivity index (χ1n) is 2.09. The van der Waals surface area contributed by atoms with E-state index in [0.29, 0.717) is 6.73 Å². The maximum Gasteiger partial charge on any atom is 0.163 e. The molecular weight excluding hydrogens is 90.1 g/mol. The molecule has 0 atom stereocenters. The summed E-state index contributed by atoms with van der Waals surface area (Å²) in [4.78, 5) is 0. The second kappa shape index (κ2) is 2.29. The van der Waals surface area contributed by atoms with Crippen LogP contribution >= 0.6 is 0 Å². The van der Waals surface area contributed by atoms with Crippen LogP contribution in [0.3, 0.4) is 0 Å². The Kier molecular flexibility index (Phi) is 1.39. The van der Waals surface area contributed by atoms with Crippen LogP contribution in [-0.2, 0) is 4.74 Å². The largest absolute Gasteiger partial charge is 0.469 e. The molecular formula is C5H6NO. The van der Waals surface area contributed by atoms with Crippen LogP contribution in [0.1, 0.15) is 0 Å². The fraction of sp³-hybridized carbons (Fsp3) is 0.200. The van der Waals surface area contributed by atoms with Crippen LogP contribution in [0, 0.1) is 6.26 Å². The number of rotatable bonds is 0. The molecule has 1 radical (unpaired) electrons. The first-order valence-corrected chi connectivity index (χ1v) is 2.09. The third kappa shape index (κ3) is 1.30. The van der Waals surface area contributed by atoms with Gasteiger partial charge in [0.1, 0.15) is 0 Å². The Balaban J connectivity index is 2.39. The minimum atomic E-state index is 0.521. The summed E-state index contributed by atoms with van der Waals surface area (Å²) in [6, 6.07) is 0. The molecule has 0 saturated heterocycles. The molecule has 2 nitrogen and oxygen atoms in total. The lowest BCUT2D eigenvalue weighted by Gasteiger charge is -1.92. The van der Waals surface area contributed by atoms with E-state index in [9.17, 15) is 0 Å². The summed E-state index contributed by atoms with van der Waals surface area (Å²) in [5.41, 5.74) is 0. The van der Waals surface area contributed by atoms with Gasteiger partial charge in [0.25, 0.3) is 0 Å². The van der Waals surface area contributed by atoms with E-state index >= 15 is 0 Å². The Hall–Kier alpha value is -0.920. The molecule has 0 unspecified atom stereocenters. The van der Waals surface area contributed by atoms with Crippen molar-refractivity contribution in [1.29, 1.82) is 0 Å². The molecule has 0 amide bonds. The van der Waals surface area contributed by atoms with Gasteiger partial charge in [-0.05, 0) is 18.4 Å². The van der Waals surface area contributed by atoms with E-state index in [-0.39, 0.29) is 0 Å². The number of ether oxygens (including phenoxy) is 1. The summed E-state index contributed by atoms with van der Waals surface area (Å²) < 4.78 is 4.72. The van der Waals surface area contributed by atoms with E-state index in [4.69, 9.17) is 4.74 Å². The van der Waals surface area contributed by atoms with E-state index in [2.05, 4.69) is 11.6 Å². The standard InChI is InChI=1S/C5H6NO/c1-2-4-7-5-6-3-1/h1-3,6H,5H2. The van der Waals surface area contributed by atoms with Crippen molar-refractivity contribution in [2.24, 2.45) is 0 Å². The zero-order valence-electron chi connectivity index (χ0n) is 3.85. The molecule has 0 aromatic heterocycles. The minimum Gasteiger partial charge on any atom is -0.469 e. The van der Waals surface area contributed by atoms with E-state index in [1.54, 1.807) is 12.3 Å². The van der Waals surface area contributed by atoms with Gasteiger partial charge in [0, 0.05) is 0 Å². The molecule has 0 aromatic carbocycles.